The van der Waals surface area contributed by atoms with Crippen molar-refractivity contribution in [1.82, 2.24) is 10.5 Å². The van der Waals surface area contributed by atoms with E-state index in [1.807, 2.05) is 6.07 Å². The van der Waals surface area contributed by atoms with Gasteiger partial charge in [0.15, 0.2) is 0 Å². The number of rotatable bonds is 6. The number of aryl methyl sites for hydroxylation is 1. The molecular formula is C15H20N2O. The average molecular weight is 244 g/mol. The maximum atomic E-state index is 5.06. The van der Waals surface area contributed by atoms with Crippen molar-refractivity contribution >= 4 is 0 Å². The van der Waals surface area contributed by atoms with Gasteiger partial charge in [0.25, 0.3) is 0 Å². The first-order valence-corrected chi connectivity index (χ1v) is 6.51. The molecule has 0 aliphatic carbocycles. The van der Waals surface area contributed by atoms with Crippen LogP contribution in [0, 0.1) is 0 Å². The zero-order chi connectivity index (χ0) is 12.8. The van der Waals surface area contributed by atoms with E-state index in [0.29, 0.717) is 12.6 Å². The Labute approximate surface area is 108 Å². The van der Waals surface area contributed by atoms with E-state index in [-0.39, 0.29) is 0 Å². The van der Waals surface area contributed by atoms with Gasteiger partial charge in [0.2, 0.25) is 0 Å². The quantitative estimate of drug-likeness (QED) is 0.845. The Hall–Kier alpha value is -1.61. The molecule has 3 nitrogen and oxygen atoms in total. The zero-order valence-electron chi connectivity index (χ0n) is 11.0. The smallest absolute Gasteiger partial charge is 0.150 e. The molecule has 1 N–H and O–H groups in total. The normalized spacial score (nSPS) is 12.6. The van der Waals surface area contributed by atoms with Gasteiger partial charge < -0.3 is 9.84 Å². The molecular weight excluding hydrogens is 224 g/mol. The molecule has 1 heterocycles. The van der Waals surface area contributed by atoms with Gasteiger partial charge in [0.05, 0.1) is 12.7 Å². The largest absolute Gasteiger partial charge is 0.360 e. The van der Waals surface area contributed by atoms with Gasteiger partial charge in [-0.25, -0.2) is 0 Å². The molecule has 18 heavy (non-hydrogen) atoms. The molecule has 1 aromatic heterocycles. The van der Waals surface area contributed by atoms with Crippen LogP contribution in [0.4, 0.5) is 0 Å². The Morgan fingerprint density at radius 2 is 2.00 bits per heavy atom. The highest BCUT2D eigenvalue weighted by Crippen LogP contribution is 2.15. The van der Waals surface area contributed by atoms with Gasteiger partial charge in [-0.05, 0) is 24.5 Å². The fourth-order valence-corrected chi connectivity index (χ4v) is 1.97. The van der Waals surface area contributed by atoms with Gasteiger partial charge in [-0.2, -0.15) is 0 Å². The third kappa shape index (κ3) is 3.44. The molecule has 0 radical (unpaired) electrons. The second kappa shape index (κ2) is 6.36. The number of hydrogen-bond donors (Lipinski definition) is 1. The maximum Gasteiger partial charge on any atom is 0.150 e. The third-order valence-corrected chi connectivity index (χ3v) is 3.09. The lowest BCUT2D eigenvalue weighted by atomic mass is 10.0. The summed E-state index contributed by atoms with van der Waals surface area (Å²) in [5, 5.41) is 7.11. The van der Waals surface area contributed by atoms with Crippen molar-refractivity contribution in [2.24, 2.45) is 0 Å². The van der Waals surface area contributed by atoms with Crippen molar-refractivity contribution < 1.29 is 4.52 Å². The van der Waals surface area contributed by atoms with Gasteiger partial charge in [-0.3, -0.25) is 0 Å². The molecule has 0 aliphatic rings. The number of aromatic nitrogens is 1. The molecule has 0 bridgehead atoms. The Balaban J connectivity index is 1.89. The van der Waals surface area contributed by atoms with Crippen molar-refractivity contribution in [3.63, 3.8) is 0 Å². The molecule has 0 amide bonds. The SMILES string of the molecule is CCCc1ccc(C(C)NCc2ccno2)cc1. The monoisotopic (exact) mass is 244 g/mol. The van der Waals surface area contributed by atoms with E-state index in [4.69, 9.17) is 4.52 Å². The van der Waals surface area contributed by atoms with Crippen molar-refractivity contribution in [1.29, 1.82) is 0 Å². The van der Waals surface area contributed by atoms with Gasteiger partial charge in [-0.15, -0.1) is 0 Å². The summed E-state index contributed by atoms with van der Waals surface area (Å²) in [4.78, 5) is 0. The van der Waals surface area contributed by atoms with Crippen LogP contribution >= 0.6 is 0 Å². The Morgan fingerprint density at radius 3 is 2.61 bits per heavy atom. The number of nitrogens with one attached hydrogen (secondary N) is 1. The van der Waals surface area contributed by atoms with Crippen LogP contribution in [0.3, 0.4) is 0 Å². The van der Waals surface area contributed by atoms with E-state index in [2.05, 4.69) is 48.6 Å². The summed E-state index contributed by atoms with van der Waals surface area (Å²) in [5.74, 6) is 0.865. The predicted octanol–water partition coefficient (Wildman–Crippen LogP) is 3.48. The van der Waals surface area contributed by atoms with Crippen LogP contribution in [0.15, 0.2) is 41.1 Å². The number of hydrogen-bond acceptors (Lipinski definition) is 3. The molecule has 2 aromatic rings. The maximum absolute atomic E-state index is 5.06. The second-order valence-electron chi connectivity index (χ2n) is 4.57. The van der Waals surface area contributed by atoms with Crippen LogP contribution in [0.1, 0.15) is 43.2 Å². The van der Waals surface area contributed by atoms with Crippen LogP contribution < -0.4 is 5.32 Å². The standard InChI is InChI=1S/C15H20N2O/c1-3-4-13-5-7-14(8-6-13)12(2)16-11-15-9-10-17-18-15/h5-10,12,16H,3-4,11H2,1-2H3. The molecule has 0 saturated carbocycles. The van der Waals surface area contributed by atoms with Gasteiger partial charge >= 0.3 is 0 Å². The average Bonchev–Trinajstić information content (AvgIpc) is 2.90. The molecule has 1 atom stereocenters. The van der Waals surface area contributed by atoms with Crippen LogP contribution in [0.25, 0.3) is 0 Å². The minimum absolute atomic E-state index is 0.311. The topological polar surface area (TPSA) is 38.1 Å². The van der Waals surface area contributed by atoms with Crippen molar-refractivity contribution in [3.05, 3.63) is 53.4 Å². The predicted molar refractivity (Wildman–Crippen MR) is 72.2 cm³/mol. The third-order valence-electron chi connectivity index (χ3n) is 3.09. The van der Waals surface area contributed by atoms with Gasteiger partial charge in [0.1, 0.15) is 5.76 Å². The van der Waals surface area contributed by atoms with Crippen molar-refractivity contribution in [2.45, 2.75) is 39.3 Å². The summed E-state index contributed by atoms with van der Waals surface area (Å²) in [7, 11) is 0. The van der Waals surface area contributed by atoms with Gasteiger partial charge in [-0.1, -0.05) is 42.8 Å². The first-order valence-electron chi connectivity index (χ1n) is 6.51. The highest BCUT2D eigenvalue weighted by atomic mass is 16.5. The van der Waals surface area contributed by atoms with E-state index in [1.165, 1.54) is 17.5 Å². The second-order valence-corrected chi connectivity index (χ2v) is 4.57. The minimum Gasteiger partial charge on any atom is -0.360 e. The van der Waals surface area contributed by atoms with E-state index >= 15 is 0 Å². The zero-order valence-corrected chi connectivity index (χ0v) is 11.0. The van der Waals surface area contributed by atoms with Crippen molar-refractivity contribution in [3.8, 4) is 0 Å². The van der Waals surface area contributed by atoms with E-state index < -0.39 is 0 Å². The van der Waals surface area contributed by atoms with E-state index in [9.17, 15) is 0 Å². The van der Waals surface area contributed by atoms with E-state index in [1.54, 1.807) is 6.20 Å². The molecule has 0 aliphatic heterocycles. The minimum atomic E-state index is 0.311. The van der Waals surface area contributed by atoms with Crippen LogP contribution in [0.5, 0.6) is 0 Å². The summed E-state index contributed by atoms with van der Waals surface area (Å²) in [6, 6.07) is 11.0. The first kappa shape index (κ1) is 12.8. The van der Waals surface area contributed by atoms with Crippen LogP contribution in [-0.2, 0) is 13.0 Å². The first-order chi connectivity index (χ1) is 8.79. The summed E-state index contributed by atoms with van der Waals surface area (Å²) < 4.78 is 5.06. The lowest BCUT2D eigenvalue weighted by molar-refractivity contribution is 0.366. The molecule has 1 aromatic carbocycles. The van der Waals surface area contributed by atoms with Crippen LogP contribution in [0.2, 0.25) is 0 Å². The van der Waals surface area contributed by atoms with Crippen LogP contribution in [-0.4, -0.2) is 5.16 Å². The Morgan fingerprint density at radius 1 is 1.22 bits per heavy atom. The molecule has 0 spiro atoms. The molecule has 1 unspecified atom stereocenters. The number of benzene rings is 1. The highest BCUT2D eigenvalue weighted by Gasteiger charge is 2.06. The molecule has 0 saturated heterocycles. The molecule has 3 heteroatoms. The fraction of sp³-hybridized carbons (Fsp3) is 0.400. The summed E-state index contributed by atoms with van der Waals surface area (Å²) >= 11 is 0. The molecule has 96 valence electrons. The lowest BCUT2D eigenvalue weighted by Crippen LogP contribution is -2.17. The molecule has 2 rings (SSSR count). The Bertz CT molecular complexity index is 448. The number of nitrogens with zero attached hydrogens (tertiary/aromatic N) is 1. The summed E-state index contributed by atoms with van der Waals surface area (Å²) in [6.07, 6.45) is 4.01. The fourth-order valence-electron chi connectivity index (χ4n) is 1.97. The molecule has 0 fully saturated rings. The highest BCUT2D eigenvalue weighted by molar-refractivity contribution is 5.24. The van der Waals surface area contributed by atoms with Gasteiger partial charge in [0, 0.05) is 12.1 Å². The lowest BCUT2D eigenvalue weighted by Gasteiger charge is -2.13. The van der Waals surface area contributed by atoms with Crippen molar-refractivity contribution in [2.75, 3.05) is 0 Å². The summed E-state index contributed by atoms with van der Waals surface area (Å²) in [5.41, 5.74) is 2.71. The Kier molecular flexibility index (Phi) is 4.53. The van der Waals surface area contributed by atoms with E-state index in [0.717, 1.165) is 12.2 Å². The summed E-state index contributed by atoms with van der Waals surface area (Å²) in [6.45, 7) is 5.07.